The molecule has 102 valence electrons. The second kappa shape index (κ2) is 5.32. The standard InChI is InChI=1S/C12H17F3N2O/c1-2-9-3-4-10(18-9)11(12(13,14)15)17-7-5-16-6-8-17/h3-4,11,16H,2,5-8H2,1H3/t11-/m1/s1. The van der Waals surface area contributed by atoms with Crippen LogP contribution in [0, 0.1) is 0 Å². The molecule has 1 aliphatic heterocycles. The summed E-state index contributed by atoms with van der Waals surface area (Å²) in [5, 5.41) is 3.05. The maximum absolute atomic E-state index is 13.2. The number of nitrogens with one attached hydrogen (secondary N) is 1. The number of rotatable bonds is 3. The number of nitrogens with zero attached hydrogens (tertiary/aromatic N) is 1. The molecule has 1 aromatic rings. The first-order chi connectivity index (χ1) is 8.52. The van der Waals surface area contributed by atoms with Crippen LogP contribution in [0.25, 0.3) is 0 Å². The second-order valence-corrected chi connectivity index (χ2v) is 4.39. The van der Waals surface area contributed by atoms with Gasteiger partial charge in [-0.3, -0.25) is 4.90 Å². The van der Waals surface area contributed by atoms with Crippen molar-refractivity contribution < 1.29 is 17.6 Å². The molecule has 1 N–H and O–H groups in total. The Hall–Kier alpha value is -1.01. The molecule has 0 radical (unpaired) electrons. The molecule has 0 saturated carbocycles. The number of piperazine rings is 1. The summed E-state index contributed by atoms with van der Waals surface area (Å²) in [6.07, 6.45) is -3.70. The van der Waals surface area contributed by atoms with Gasteiger partial charge in [-0.25, -0.2) is 0 Å². The minimum atomic E-state index is -4.31. The molecule has 1 fully saturated rings. The van der Waals surface area contributed by atoms with Gasteiger partial charge < -0.3 is 9.73 Å². The van der Waals surface area contributed by atoms with Gasteiger partial charge in [-0.05, 0) is 12.1 Å². The van der Waals surface area contributed by atoms with E-state index in [0.29, 0.717) is 38.4 Å². The largest absolute Gasteiger partial charge is 0.464 e. The Bertz CT molecular complexity index is 383. The smallest absolute Gasteiger partial charge is 0.411 e. The molecule has 2 heterocycles. The van der Waals surface area contributed by atoms with Crippen LogP contribution in [0.4, 0.5) is 13.2 Å². The van der Waals surface area contributed by atoms with E-state index in [2.05, 4.69) is 5.32 Å². The molecule has 0 aliphatic carbocycles. The predicted octanol–water partition coefficient (Wildman–Crippen LogP) is 2.35. The van der Waals surface area contributed by atoms with Gasteiger partial charge in [-0.2, -0.15) is 13.2 Å². The number of aryl methyl sites for hydroxylation is 1. The predicted molar refractivity (Wildman–Crippen MR) is 61.3 cm³/mol. The zero-order chi connectivity index (χ0) is 13.2. The second-order valence-electron chi connectivity index (χ2n) is 4.39. The Morgan fingerprint density at radius 3 is 2.50 bits per heavy atom. The highest BCUT2D eigenvalue weighted by molar-refractivity contribution is 5.13. The van der Waals surface area contributed by atoms with Crippen LogP contribution in [0.2, 0.25) is 0 Å². The van der Waals surface area contributed by atoms with Gasteiger partial charge in [0.05, 0.1) is 0 Å². The normalized spacial score (nSPS) is 20.0. The summed E-state index contributed by atoms with van der Waals surface area (Å²) in [5.74, 6) is 0.593. The highest BCUT2D eigenvalue weighted by Gasteiger charge is 2.46. The van der Waals surface area contributed by atoms with Crippen LogP contribution >= 0.6 is 0 Å². The fourth-order valence-corrected chi connectivity index (χ4v) is 2.22. The van der Waals surface area contributed by atoms with Gasteiger partial charge in [0.15, 0.2) is 6.04 Å². The molecular weight excluding hydrogens is 245 g/mol. The first kappa shape index (κ1) is 13.4. The molecule has 1 aliphatic rings. The third-order valence-corrected chi connectivity index (χ3v) is 3.13. The van der Waals surface area contributed by atoms with Crippen molar-refractivity contribution in [2.24, 2.45) is 0 Å². The lowest BCUT2D eigenvalue weighted by Gasteiger charge is -2.34. The Balaban J connectivity index is 2.24. The van der Waals surface area contributed by atoms with Crippen molar-refractivity contribution in [3.05, 3.63) is 23.7 Å². The van der Waals surface area contributed by atoms with Crippen LogP contribution in [-0.2, 0) is 6.42 Å². The molecule has 6 heteroatoms. The van der Waals surface area contributed by atoms with Crippen LogP contribution in [0.3, 0.4) is 0 Å². The van der Waals surface area contributed by atoms with Crippen LogP contribution in [0.15, 0.2) is 16.5 Å². The zero-order valence-corrected chi connectivity index (χ0v) is 10.3. The topological polar surface area (TPSA) is 28.4 Å². The van der Waals surface area contributed by atoms with Crippen molar-refractivity contribution in [3.8, 4) is 0 Å². The molecule has 0 aromatic carbocycles. The third kappa shape index (κ3) is 2.87. The third-order valence-electron chi connectivity index (χ3n) is 3.13. The zero-order valence-electron chi connectivity index (χ0n) is 10.3. The maximum atomic E-state index is 13.2. The van der Waals surface area contributed by atoms with Crippen LogP contribution < -0.4 is 5.32 Å². The number of halogens is 3. The number of furan rings is 1. The molecule has 2 rings (SSSR count). The molecular formula is C12H17F3N2O. The summed E-state index contributed by atoms with van der Waals surface area (Å²) in [6, 6.07) is 1.44. The quantitative estimate of drug-likeness (QED) is 0.906. The molecule has 0 spiro atoms. The summed E-state index contributed by atoms with van der Waals surface area (Å²) < 4.78 is 44.8. The van der Waals surface area contributed by atoms with Gasteiger partial charge in [-0.15, -0.1) is 0 Å². The number of hydrogen-bond donors (Lipinski definition) is 1. The van der Waals surface area contributed by atoms with Gasteiger partial charge in [0.2, 0.25) is 0 Å². The van der Waals surface area contributed by atoms with Crippen molar-refractivity contribution in [2.75, 3.05) is 26.2 Å². The SMILES string of the molecule is CCc1ccc([C@@H](N2CCNCC2)C(F)(F)F)o1. The van der Waals surface area contributed by atoms with Gasteiger partial charge in [0.1, 0.15) is 11.5 Å². The van der Waals surface area contributed by atoms with Crippen molar-refractivity contribution in [2.45, 2.75) is 25.6 Å². The summed E-state index contributed by atoms with van der Waals surface area (Å²) in [6.45, 7) is 3.77. The highest BCUT2D eigenvalue weighted by atomic mass is 19.4. The Labute approximate surface area is 104 Å². The Morgan fingerprint density at radius 2 is 2.00 bits per heavy atom. The Kier molecular flexibility index (Phi) is 3.97. The number of hydrogen-bond acceptors (Lipinski definition) is 3. The van der Waals surface area contributed by atoms with Crippen LogP contribution in [0.5, 0.6) is 0 Å². The van der Waals surface area contributed by atoms with Crippen molar-refractivity contribution in [3.63, 3.8) is 0 Å². The van der Waals surface area contributed by atoms with E-state index in [4.69, 9.17) is 4.42 Å². The molecule has 0 amide bonds. The monoisotopic (exact) mass is 262 g/mol. The van der Waals surface area contributed by atoms with E-state index >= 15 is 0 Å². The fraction of sp³-hybridized carbons (Fsp3) is 0.667. The molecule has 1 aromatic heterocycles. The average Bonchev–Trinajstić information content (AvgIpc) is 2.77. The lowest BCUT2D eigenvalue weighted by molar-refractivity contribution is -0.192. The molecule has 0 unspecified atom stereocenters. The first-order valence-electron chi connectivity index (χ1n) is 6.12. The van der Waals surface area contributed by atoms with Crippen LogP contribution in [0.1, 0.15) is 24.5 Å². The van der Waals surface area contributed by atoms with Crippen LogP contribution in [-0.4, -0.2) is 37.3 Å². The van der Waals surface area contributed by atoms with E-state index in [1.807, 2.05) is 6.92 Å². The summed E-state index contributed by atoms with van der Waals surface area (Å²) in [4.78, 5) is 1.43. The molecule has 1 atom stereocenters. The lowest BCUT2D eigenvalue weighted by Crippen LogP contribution is -2.48. The first-order valence-corrected chi connectivity index (χ1v) is 6.12. The van der Waals surface area contributed by atoms with E-state index in [-0.39, 0.29) is 5.76 Å². The van der Waals surface area contributed by atoms with E-state index in [9.17, 15) is 13.2 Å². The maximum Gasteiger partial charge on any atom is 0.411 e. The van der Waals surface area contributed by atoms with Gasteiger partial charge >= 0.3 is 6.18 Å². The summed E-state index contributed by atoms with van der Waals surface area (Å²) in [7, 11) is 0. The summed E-state index contributed by atoms with van der Waals surface area (Å²) >= 11 is 0. The van der Waals surface area contributed by atoms with E-state index in [1.54, 1.807) is 6.07 Å². The van der Waals surface area contributed by atoms with E-state index in [0.717, 1.165) is 0 Å². The molecule has 1 saturated heterocycles. The van der Waals surface area contributed by atoms with Crippen molar-refractivity contribution >= 4 is 0 Å². The lowest BCUT2D eigenvalue weighted by atomic mass is 10.1. The highest BCUT2D eigenvalue weighted by Crippen LogP contribution is 2.38. The summed E-state index contributed by atoms with van der Waals surface area (Å²) in [5.41, 5.74) is 0. The number of alkyl halides is 3. The van der Waals surface area contributed by atoms with Gasteiger partial charge in [0, 0.05) is 32.6 Å². The van der Waals surface area contributed by atoms with Gasteiger partial charge in [0.25, 0.3) is 0 Å². The van der Waals surface area contributed by atoms with E-state index in [1.165, 1.54) is 11.0 Å². The fourth-order valence-electron chi connectivity index (χ4n) is 2.22. The minimum absolute atomic E-state index is 0.00116. The van der Waals surface area contributed by atoms with E-state index < -0.39 is 12.2 Å². The Morgan fingerprint density at radius 1 is 1.33 bits per heavy atom. The molecule has 3 nitrogen and oxygen atoms in total. The minimum Gasteiger partial charge on any atom is -0.464 e. The molecule has 18 heavy (non-hydrogen) atoms. The average molecular weight is 262 g/mol. The van der Waals surface area contributed by atoms with Crippen molar-refractivity contribution in [1.29, 1.82) is 0 Å². The van der Waals surface area contributed by atoms with Gasteiger partial charge in [-0.1, -0.05) is 6.92 Å². The molecule has 0 bridgehead atoms. The van der Waals surface area contributed by atoms with Crippen molar-refractivity contribution in [1.82, 2.24) is 10.2 Å².